The van der Waals surface area contributed by atoms with Gasteiger partial charge in [0.05, 0.1) is 38.7 Å². The second-order valence-electron chi connectivity index (χ2n) is 13.9. The first-order valence-electron chi connectivity index (χ1n) is 19.6. The molecule has 1 unspecified atom stereocenters. The van der Waals surface area contributed by atoms with Crippen LogP contribution in [-0.4, -0.2) is 71.9 Å². The number of rotatable bonds is 18. The molecule has 0 radical (unpaired) electrons. The van der Waals surface area contributed by atoms with Gasteiger partial charge >= 0.3 is 17.9 Å². The lowest BCUT2D eigenvalue weighted by Gasteiger charge is -2.36. The predicted molar refractivity (Wildman–Crippen MR) is 228 cm³/mol. The number of nitrogens with one attached hydrogen (secondary N) is 3. The van der Waals surface area contributed by atoms with Gasteiger partial charge in [-0.25, -0.2) is 14.4 Å². The summed E-state index contributed by atoms with van der Waals surface area (Å²) in [6.45, 7) is 0.770. The molecule has 0 aliphatic carbocycles. The summed E-state index contributed by atoms with van der Waals surface area (Å²) in [6, 6.07) is 31.8. The number of nitrogens with zero attached hydrogens (tertiary/aromatic N) is 3. The summed E-state index contributed by atoms with van der Waals surface area (Å²) in [5, 5.41) is 18.7. The van der Waals surface area contributed by atoms with Crippen LogP contribution in [0.25, 0.3) is 0 Å². The molecule has 2 aliphatic rings. The molecule has 0 bridgehead atoms. The van der Waals surface area contributed by atoms with Crippen LogP contribution in [-0.2, 0) is 37.8 Å². The smallest absolute Gasteiger partial charge is 0.341 e. The van der Waals surface area contributed by atoms with E-state index < -0.39 is 30.1 Å². The second kappa shape index (κ2) is 18.5. The van der Waals surface area contributed by atoms with Crippen molar-refractivity contribution < 1.29 is 52.6 Å². The van der Waals surface area contributed by atoms with Crippen LogP contribution in [0.3, 0.4) is 0 Å². The van der Waals surface area contributed by atoms with Crippen molar-refractivity contribution in [2.24, 2.45) is 0 Å². The number of fused-ring (bicyclic) bond motifs is 6. The van der Waals surface area contributed by atoms with Crippen molar-refractivity contribution in [3.63, 3.8) is 0 Å². The third kappa shape index (κ3) is 9.36. The number of carboxylic acid groups (broad SMARTS) is 1. The number of benzene rings is 5. The molecular formula is C46H40N6O11. The maximum absolute atomic E-state index is 13.2. The fourth-order valence-electron chi connectivity index (χ4n) is 6.94. The topological polar surface area (TPSA) is 211 Å². The Hall–Kier alpha value is -8.34. The van der Waals surface area contributed by atoms with Gasteiger partial charge in [-0.2, -0.15) is 15.0 Å². The standard InChI is InChI=1S/C46H40N6O11/c1-57-30-11-7-28(8-12-30)25-48-44-50-43(51-45(52-44)49-26-29-9-13-31(58-2)14-10-29)47-20-22-59-21-19-41(55)61-33-16-18-37-39(24-33)62-38-23-32(60-27-40(53)54)15-17-36(38)46(37)35-6-4-3-5-34(35)42(56)63-46/h3-19,21,23-24H,20,22,25-27H2,1-2H3,(H,53,54)(H3,47,48,49,50,51,52)/b21-19+. The molecule has 17 nitrogen and oxygen atoms in total. The van der Waals surface area contributed by atoms with Gasteiger partial charge in [0.2, 0.25) is 17.8 Å². The first-order chi connectivity index (χ1) is 30.7. The van der Waals surface area contributed by atoms with Gasteiger partial charge in [-0.3, -0.25) is 0 Å². The molecule has 5 aromatic carbocycles. The van der Waals surface area contributed by atoms with Crippen LogP contribution in [0.4, 0.5) is 17.8 Å². The number of carboxylic acids is 1. The lowest BCUT2D eigenvalue weighted by Crippen LogP contribution is -2.33. The molecule has 2 aliphatic heterocycles. The minimum absolute atomic E-state index is 0.141. The normalized spacial score (nSPS) is 14.3. The number of carbonyl (C=O) groups is 3. The zero-order valence-corrected chi connectivity index (χ0v) is 34.0. The van der Waals surface area contributed by atoms with Gasteiger partial charge in [0, 0.05) is 41.9 Å². The Morgan fingerprint density at radius 1 is 0.698 bits per heavy atom. The monoisotopic (exact) mass is 852 g/mol. The highest BCUT2D eigenvalue weighted by molar-refractivity contribution is 5.97. The highest BCUT2D eigenvalue weighted by Crippen LogP contribution is 2.57. The number of aromatic nitrogens is 3. The van der Waals surface area contributed by atoms with Gasteiger partial charge in [0.1, 0.15) is 41.1 Å². The largest absolute Gasteiger partial charge is 0.499 e. The molecule has 8 rings (SSSR count). The number of methoxy groups -OCH3 is 2. The van der Waals surface area contributed by atoms with Gasteiger partial charge in [-0.05, 0) is 65.7 Å². The van der Waals surface area contributed by atoms with Crippen molar-refractivity contribution in [2.75, 3.05) is 49.9 Å². The summed E-state index contributed by atoms with van der Waals surface area (Å²) in [6.07, 6.45) is 2.35. The summed E-state index contributed by atoms with van der Waals surface area (Å²) >= 11 is 0. The van der Waals surface area contributed by atoms with E-state index in [2.05, 4.69) is 30.9 Å². The SMILES string of the molecule is COc1ccc(CNc2nc(NCCO/C=C/C(=O)Oc3ccc4c(c3)Oc3cc(OCC(=O)O)ccc3C43OC(=O)c4ccccc43)nc(NCc3ccc(OC)cc3)n2)cc1. The Morgan fingerprint density at radius 3 is 1.86 bits per heavy atom. The number of hydrogen-bond donors (Lipinski definition) is 4. The summed E-state index contributed by atoms with van der Waals surface area (Å²) < 4.78 is 39.5. The molecular weight excluding hydrogens is 813 g/mol. The number of aliphatic carboxylic acids is 1. The number of hydrogen-bond acceptors (Lipinski definition) is 16. The van der Waals surface area contributed by atoms with Gasteiger partial charge in [-0.15, -0.1) is 0 Å². The molecule has 0 saturated heterocycles. The maximum atomic E-state index is 13.2. The molecule has 63 heavy (non-hydrogen) atoms. The van der Waals surface area contributed by atoms with Crippen molar-refractivity contribution in [2.45, 2.75) is 18.7 Å². The van der Waals surface area contributed by atoms with E-state index in [0.717, 1.165) is 28.7 Å². The van der Waals surface area contributed by atoms with Crippen LogP contribution >= 0.6 is 0 Å². The Bertz CT molecular complexity index is 2610. The number of ether oxygens (including phenoxy) is 7. The lowest BCUT2D eigenvalue weighted by atomic mass is 9.77. The van der Waals surface area contributed by atoms with Gasteiger partial charge < -0.3 is 54.2 Å². The quantitative estimate of drug-likeness (QED) is 0.0233. The Kier molecular flexibility index (Phi) is 12.2. The van der Waals surface area contributed by atoms with E-state index in [9.17, 15) is 14.4 Å². The third-order valence-electron chi connectivity index (χ3n) is 9.90. The maximum Gasteiger partial charge on any atom is 0.341 e. The molecule has 1 atom stereocenters. The minimum atomic E-state index is -1.39. The van der Waals surface area contributed by atoms with Crippen LogP contribution in [0, 0.1) is 0 Å². The molecule has 0 amide bonds. The van der Waals surface area contributed by atoms with E-state index in [1.807, 2.05) is 48.5 Å². The molecule has 1 aromatic heterocycles. The third-order valence-corrected chi connectivity index (χ3v) is 9.90. The first kappa shape index (κ1) is 41.4. The Labute approximate surface area is 360 Å². The van der Waals surface area contributed by atoms with Crippen molar-refractivity contribution in [3.8, 4) is 34.5 Å². The molecule has 17 heteroatoms. The highest BCUT2D eigenvalue weighted by atomic mass is 16.6. The summed E-state index contributed by atoms with van der Waals surface area (Å²) in [7, 11) is 3.23. The molecule has 0 saturated carbocycles. The van der Waals surface area contributed by atoms with Crippen molar-refractivity contribution >= 4 is 35.8 Å². The minimum Gasteiger partial charge on any atom is -0.499 e. The zero-order valence-electron chi connectivity index (χ0n) is 34.0. The molecule has 4 N–H and O–H groups in total. The first-order valence-corrected chi connectivity index (χ1v) is 19.6. The number of carbonyl (C=O) groups excluding carboxylic acids is 2. The highest BCUT2D eigenvalue weighted by Gasteiger charge is 2.53. The second-order valence-corrected chi connectivity index (χ2v) is 13.9. The van der Waals surface area contributed by atoms with Gasteiger partial charge in [0.15, 0.2) is 12.2 Å². The lowest BCUT2D eigenvalue weighted by molar-refractivity contribution is -0.139. The van der Waals surface area contributed by atoms with Crippen LogP contribution in [0.2, 0.25) is 0 Å². The summed E-state index contributed by atoms with van der Waals surface area (Å²) in [5.41, 5.74) is 2.60. The molecule has 3 heterocycles. The van der Waals surface area contributed by atoms with Crippen LogP contribution in [0.5, 0.6) is 34.5 Å². The predicted octanol–water partition coefficient (Wildman–Crippen LogP) is 6.69. The molecule has 1 spiro atoms. The summed E-state index contributed by atoms with van der Waals surface area (Å²) in [5.74, 6) is 0.980. The van der Waals surface area contributed by atoms with Crippen LogP contribution in [0.15, 0.2) is 122 Å². The number of esters is 2. The van der Waals surface area contributed by atoms with E-state index in [1.54, 1.807) is 62.8 Å². The van der Waals surface area contributed by atoms with E-state index in [1.165, 1.54) is 18.4 Å². The molecule has 6 aromatic rings. The number of anilines is 3. The van der Waals surface area contributed by atoms with Gasteiger partial charge in [0.25, 0.3) is 0 Å². The average molecular weight is 853 g/mol. The van der Waals surface area contributed by atoms with Crippen LogP contribution in [0.1, 0.15) is 38.2 Å². The summed E-state index contributed by atoms with van der Waals surface area (Å²) in [4.78, 5) is 50.8. The fraction of sp³-hybridized carbons (Fsp3) is 0.174. The van der Waals surface area contributed by atoms with E-state index in [-0.39, 0.29) is 36.1 Å². The van der Waals surface area contributed by atoms with Crippen LogP contribution < -0.4 is 39.6 Å². The average Bonchev–Trinajstić information content (AvgIpc) is 3.59. The van der Waals surface area contributed by atoms with E-state index in [4.69, 9.17) is 38.3 Å². The Balaban J connectivity index is 0.901. The van der Waals surface area contributed by atoms with Gasteiger partial charge in [-0.1, -0.05) is 42.5 Å². The van der Waals surface area contributed by atoms with Crippen molar-refractivity contribution in [1.29, 1.82) is 0 Å². The molecule has 0 fully saturated rings. The van der Waals surface area contributed by atoms with E-state index in [0.29, 0.717) is 53.2 Å². The van der Waals surface area contributed by atoms with E-state index >= 15 is 0 Å². The zero-order chi connectivity index (χ0) is 43.8. The molecule has 320 valence electrons. The van der Waals surface area contributed by atoms with Crippen molar-refractivity contribution in [1.82, 2.24) is 15.0 Å². The Morgan fingerprint density at radius 2 is 1.25 bits per heavy atom. The fourth-order valence-corrected chi connectivity index (χ4v) is 6.94. The van der Waals surface area contributed by atoms with Crippen molar-refractivity contribution in [3.05, 3.63) is 155 Å².